The number of rotatable bonds is 9. The summed E-state index contributed by atoms with van der Waals surface area (Å²) in [5, 5.41) is 22.7. The maximum absolute atomic E-state index is 9.90. The van der Waals surface area contributed by atoms with E-state index in [1.807, 2.05) is 32.0 Å². The summed E-state index contributed by atoms with van der Waals surface area (Å²) >= 11 is 0. The second-order valence-corrected chi connectivity index (χ2v) is 6.18. The molecular weight excluding hydrogens is 266 g/mol. The van der Waals surface area contributed by atoms with Gasteiger partial charge in [0.05, 0.1) is 6.10 Å². The first kappa shape index (κ1) is 18.0. The Morgan fingerprint density at radius 1 is 1.10 bits per heavy atom. The molecule has 4 heteroatoms. The van der Waals surface area contributed by atoms with Gasteiger partial charge in [-0.1, -0.05) is 26.0 Å². The number of aliphatic hydroxyl groups excluding tert-OH is 2. The predicted octanol–water partition coefficient (Wildman–Crippen LogP) is 2.04. The van der Waals surface area contributed by atoms with E-state index in [1.165, 1.54) is 0 Å². The fourth-order valence-corrected chi connectivity index (χ4v) is 2.15. The molecular formula is C17H29NO3. The number of aryl methyl sites for hydroxylation is 2. The van der Waals surface area contributed by atoms with Crippen molar-refractivity contribution in [3.05, 3.63) is 29.3 Å². The zero-order valence-corrected chi connectivity index (χ0v) is 13.6. The molecule has 1 aromatic carbocycles. The number of hydrogen-bond acceptors (Lipinski definition) is 4. The Kier molecular flexibility index (Phi) is 7.72. The monoisotopic (exact) mass is 295 g/mol. The lowest BCUT2D eigenvalue weighted by Crippen LogP contribution is -2.36. The molecule has 1 rings (SSSR count). The molecule has 1 aromatic rings. The molecule has 4 nitrogen and oxygen atoms in total. The summed E-state index contributed by atoms with van der Waals surface area (Å²) in [7, 11) is 0. The van der Waals surface area contributed by atoms with Crippen LogP contribution in [0.1, 0.15) is 31.4 Å². The summed E-state index contributed by atoms with van der Waals surface area (Å²) in [6.07, 6.45) is -0.185. The number of benzene rings is 1. The third-order valence-corrected chi connectivity index (χ3v) is 3.28. The molecule has 2 atom stereocenters. The average Bonchev–Trinajstić information content (AvgIpc) is 2.39. The van der Waals surface area contributed by atoms with Crippen LogP contribution in [0.2, 0.25) is 0 Å². The molecule has 0 saturated heterocycles. The Hall–Kier alpha value is -1.10. The van der Waals surface area contributed by atoms with Crippen LogP contribution < -0.4 is 10.1 Å². The van der Waals surface area contributed by atoms with Crippen molar-refractivity contribution in [2.75, 3.05) is 19.7 Å². The molecule has 0 aliphatic rings. The minimum atomic E-state index is -0.587. The highest BCUT2D eigenvalue weighted by Crippen LogP contribution is 2.19. The second kappa shape index (κ2) is 9.03. The first-order valence-electron chi connectivity index (χ1n) is 7.65. The van der Waals surface area contributed by atoms with Gasteiger partial charge in [0, 0.05) is 13.1 Å². The van der Waals surface area contributed by atoms with E-state index in [0.717, 1.165) is 23.3 Å². The molecule has 2 unspecified atom stereocenters. The Morgan fingerprint density at radius 2 is 1.76 bits per heavy atom. The third kappa shape index (κ3) is 7.46. The molecule has 0 radical (unpaired) electrons. The number of hydrogen-bond donors (Lipinski definition) is 3. The quantitative estimate of drug-likeness (QED) is 0.652. The third-order valence-electron chi connectivity index (χ3n) is 3.28. The Bertz CT molecular complexity index is 420. The molecule has 3 N–H and O–H groups in total. The van der Waals surface area contributed by atoms with Crippen LogP contribution in [0.5, 0.6) is 5.75 Å². The fraction of sp³-hybridized carbons (Fsp3) is 0.647. The van der Waals surface area contributed by atoms with Gasteiger partial charge in [-0.15, -0.1) is 0 Å². The second-order valence-electron chi connectivity index (χ2n) is 6.18. The van der Waals surface area contributed by atoms with Gasteiger partial charge < -0.3 is 20.3 Å². The van der Waals surface area contributed by atoms with Gasteiger partial charge in [-0.2, -0.15) is 0 Å². The molecule has 0 aliphatic heterocycles. The van der Waals surface area contributed by atoms with Gasteiger partial charge in [-0.3, -0.25) is 0 Å². The van der Waals surface area contributed by atoms with Crippen molar-refractivity contribution in [3.8, 4) is 5.75 Å². The van der Waals surface area contributed by atoms with Crippen molar-refractivity contribution >= 4 is 0 Å². The Balaban J connectivity index is 2.25. The summed E-state index contributed by atoms with van der Waals surface area (Å²) in [4.78, 5) is 0. The number of aliphatic hydroxyl groups is 2. The minimum Gasteiger partial charge on any atom is -0.491 e. The van der Waals surface area contributed by atoms with Crippen LogP contribution in [0.25, 0.3) is 0 Å². The summed E-state index contributed by atoms with van der Waals surface area (Å²) in [6.45, 7) is 9.32. The molecule has 21 heavy (non-hydrogen) atoms. The van der Waals surface area contributed by atoms with Crippen molar-refractivity contribution in [3.63, 3.8) is 0 Å². The maximum Gasteiger partial charge on any atom is 0.122 e. The Labute approximate surface area is 128 Å². The maximum atomic E-state index is 9.90. The van der Waals surface area contributed by atoms with Gasteiger partial charge in [-0.25, -0.2) is 0 Å². The van der Waals surface area contributed by atoms with Crippen molar-refractivity contribution in [1.82, 2.24) is 5.32 Å². The van der Waals surface area contributed by atoms with Crippen LogP contribution >= 0.6 is 0 Å². The highest BCUT2D eigenvalue weighted by molar-refractivity contribution is 5.35. The number of ether oxygens (including phenoxy) is 1. The highest BCUT2D eigenvalue weighted by atomic mass is 16.5. The fourth-order valence-electron chi connectivity index (χ4n) is 2.15. The van der Waals surface area contributed by atoms with E-state index in [4.69, 9.17) is 4.74 Å². The van der Waals surface area contributed by atoms with E-state index in [0.29, 0.717) is 19.0 Å². The van der Waals surface area contributed by atoms with Crippen LogP contribution in [0.4, 0.5) is 0 Å². The lowest BCUT2D eigenvalue weighted by atomic mass is 10.1. The van der Waals surface area contributed by atoms with Gasteiger partial charge in [0.2, 0.25) is 0 Å². The van der Waals surface area contributed by atoms with E-state index < -0.39 is 6.10 Å². The van der Waals surface area contributed by atoms with Crippen LogP contribution in [0.3, 0.4) is 0 Å². The summed E-state index contributed by atoms with van der Waals surface area (Å²) < 4.78 is 5.65. The van der Waals surface area contributed by atoms with Gasteiger partial charge in [-0.05, 0) is 43.4 Å². The van der Waals surface area contributed by atoms with Gasteiger partial charge in [0.1, 0.15) is 18.5 Å². The average molecular weight is 295 g/mol. The summed E-state index contributed by atoms with van der Waals surface area (Å²) in [6, 6.07) is 6.02. The lowest BCUT2D eigenvalue weighted by Gasteiger charge is -2.17. The van der Waals surface area contributed by atoms with Crippen molar-refractivity contribution in [1.29, 1.82) is 0 Å². The zero-order chi connectivity index (χ0) is 15.8. The molecule has 0 saturated carbocycles. The molecule has 0 fully saturated rings. The van der Waals surface area contributed by atoms with Gasteiger partial charge >= 0.3 is 0 Å². The van der Waals surface area contributed by atoms with E-state index in [1.54, 1.807) is 0 Å². The summed E-state index contributed by atoms with van der Waals surface area (Å²) in [5.74, 6) is 1.29. The first-order chi connectivity index (χ1) is 9.88. The molecule has 0 bridgehead atoms. The molecule has 0 aliphatic carbocycles. The highest BCUT2D eigenvalue weighted by Gasteiger charge is 2.10. The molecule has 0 heterocycles. The van der Waals surface area contributed by atoms with E-state index in [-0.39, 0.29) is 12.7 Å². The smallest absolute Gasteiger partial charge is 0.122 e. The topological polar surface area (TPSA) is 61.7 Å². The standard InChI is InChI=1S/C17H29NO3/c1-12(2)7-15(19)9-18-10-16(20)11-21-17-8-13(3)5-6-14(17)4/h5-6,8,12,15-16,18-20H,7,9-11H2,1-4H3. The van der Waals surface area contributed by atoms with Crippen LogP contribution in [0.15, 0.2) is 18.2 Å². The largest absolute Gasteiger partial charge is 0.491 e. The van der Waals surface area contributed by atoms with E-state index in [9.17, 15) is 10.2 Å². The normalized spacial score (nSPS) is 14.2. The van der Waals surface area contributed by atoms with E-state index in [2.05, 4.69) is 19.2 Å². The zero-order valence-electron chi connectivity index (χ0n) is 13.6. The molecule has 0 amide bonds. The molecule has 0 spiro atoms. The lowest BCUT2D eigenvalue weighted by molar-refractivity contribution is 0.0963. The van der Waals surface area contributed by atoms with Crippen LogP contribution in [0, 0.1) is 19.8 Å². The minimum absolute atomic E-state index is 0.248. The van der Waals surface area contributed by atoms with Crippen LogP contribution in [-0.2, 0) is 0 Å². The van der Waals surface area contributed by atoms with Crippen molar-refractivity contribution < 1.29 is 14.9 Å². The molecule has 0 aromatic heterocycles. The van der Waals surface area contributed by atoms with Crippen molar-refractivity contribution in [2.45, 2.75) is 46.3 Å². The predicted molar refractivity (Wildman–Crippen MR) is 85.7 cm³/mol. The van der Waals surface area contributed by atoms with E-state index >= 15 is 0 Å². The Morgan fingerprint density at radius 3 is 2.43 bits per heavy atom. The number of nitrogens with one attached hydrogen (secondary N) is 1. The van der Waals surface area contributed by atoms with Crippen LogP contribution in [-0.4, -0.2) is 42.1 Å². The molecule has 120 valence electrons. The summed E-state index contributed by atoms with van der Waals surface area (Å²) in [5.41, 5.74) is 2.20. The SMILES string of the molecule is Cc1ccc(C)c(OCC(O)CNCC(O)CC(C)C)c1. The van der Waals surface area contributed by atoms with Crippen molar-refractivity contribution in [2.24, 2.45) is 5.92 Å². The van der Waals surface area contributed by atoms with Gasteiger partial charge in [0.15, 0.2) is 0 Å². The van der Waals surface area contributed by atoms with Gasteiger partial charge in [0.25, 0.3) is 0 Å². The first-order valence-corrected chi connectivity index (χ1v) is 7.65.